The molecule has 1 amide bonds. The number of nitrogens with zero attached hydrogens (tertiary/aromatic N) is 2. The van der Waals surface area contributed by atoms with E-state index in [1.165, 1.54) is 25.7 Å². The second kappa shape index (κ2) is 5.25. The smallest absolute Gasteiger partial charge is 0.282 e. The zero-order chi connectivity index (χ0) is 11.4. The molecule has 1 aliphatic carbocycles. The highest BCUT2D eigenvalue weighted by atomic mass is 32.1. The highest BCUT2D eigenvalue weighted by Crippen LogP contribution is 2.18. The van der Waals surface area contributed by atoms with E-state index >= 15 is 0 Å². The molecular weight excluding hydrogens is 224 g/mol. The molecule has 3 N–H and O–H groups in total. The van der Waals surface area contributed by atoms with Crippen LogP contribution in [0.3, 0.4) is 0 Å². The molecule has 1 aromatic rings. The van der Waals surface area contributed by atoms with E-state index in [4.69, 9.17) is 5.73 Å². The molecule has 0 aliphatic heterocycles. The molecule has 0 unspecified atom stereocenters. The van der Waals surface area contributed by atoms with Crippen LogP contribution in [0.15, 0.2) is 0 Å². The first-order valence-corrected chi connectivity index (χ1v) is 6.47. The fourth-order valence-corrected chi connectivity index (χ4v) is 2.51. The number of carbonyl (C=O) groups excluding carboxylic acids is 1. The Bertz CT molecular complexity index is 357. The SMILES string of the molecule is Nc1nnc(C(=O)NC2CCCCCC2)s1. The number of nitrogen functional groups attached to an aromatic ring is 1. The Balaban J connectivity index is 1.90. The zero-order valence-corrected chi connectivity index (χ0v) is 9.92. The van der Waals surface area contributed by atoms with Crippen molar-refractivity contribution in [1.29, 1.82) is 0 Å². The summed E-state index contributed by atoms with van der Waals surface area (Å²) < 4.78 is 0. The predicted octanol–water partition coefficient (Wildman–Crippen LogP) is 1.57. The quantitative estimate of drug-likeness (QED) is 0.769. The van der Waals surface area contributed by atoms with E-state index in [1.807, 2.05) is 0 Å². The van der Waals surface area contributed by atoms with Crippen molar-refractivity contribution in [2.24, 2.45) is 0 Å². The first-order chi connectivity index (χ1) is 7.75. The van der Waals surface area contributed by atoms with Gasteiger partial charge < -0.3 is 11.1 Å². The molecule has 0 radical (unpaired) electrons. The van der Waals surface area contributed by atoms with Gasteiger partial charge in [-0.1, -0.05) is 37.0 Å². The third-order valence-electron chi connectivity index (χ3n) is 2.83. The van der Waals surface area contributed by atoms with Gasteiger partial charge >= 0.3 is 0 Å². The van der Waals surface area contributed by atoms with Gasteiger partial charge in [-0.25, -0.2) is 0 Å². The highest BCUT2D eigenvalue weighted by Gasteiger charge is 2.18. The normalized spacial score (nSPS) is 18.0. The zero-order valence-electron chi connectivity index (χ0n) is 9.11. The Morgan fingerprint density at radius 1 is 1.25 bits per heavy atom. The molecule has 16 heavy (non-hydrogen) atoms. The fraction of sp³-hybridized carbons (Fsp3) is 0.700. The lowest BCUT2D eigenvalue weighted by molar-refractivity contribution is 0.0932. The summed E-state index contributed by atoms with van der Waals surface area (Å²) in [7, 11) is 0. The van der Waals surface area contributed by atoms with Crippen molar-refractivity contribution in [3.63, 3.8) is 0 Å². The van der Waals surface area contributed by atoms with Crippen LogP contribution in [0, 0.1) is 0 Å². The second-order valence-corrected chi connectivity index (χ2v) is 5.12. The summed E-state index contributed by atoms with van der Waals surface area (Å²) in [5.41, 5.74) is 5.44. The van der Waals surface area contributed by atoms with Gasteiger partial charge in [0.15, 0.2) is 0 Å². The standard InChI is InChI=1S/C10H16N4OS/c11-10-14-13-9(16-10)8(15)12-7-5-3-1-2-4-6-7/h7H,1-6H2,(H2,11,14)(H,12,15). The first-order valence-electron chi connectivity index (χ1n) is 5.65. The molecule has 0 spiro atoms. The molecule has 1 aromatic heterocycles. The van der Waals surface area contributed by atoms with Crippen LogP contribution in [-0.4, -0.2) is 22.1 Å². The van der Waals surface area contributed by atoms with Crippen LogP contribution in [0.1, 0.15) is 48.3 Å². The number of amides is 1. The van der Waals surface area contributed by atoms with Gasteiger partial charge in [0.05, 0.1) is 0 Å². The van der Waals surface area contributed by atoms with Crippen LogP contribution < -0.4 is 11.1 Å². The van der Waals surface area contributed by atoms with Crippen LogP contribution in [0.5, 0.6) is 0 Å². The van der Waals surface area contributed by atoms with E-state index in [9.17, 15) is 4.79 Å². The van der Waals surface area contributed by atoms with Crippen molar-refractivity contribution in [2.75, 3.05) is 5.73 Å². The van der Waals surface area contributed by atoms with Crippen molar-refractivity contribution >= 4 is 22.4 Å². The summed E-state index contributed by atoms with van der Waals surface area (Å²) in [5, 5.41) is 11.1. The minimum Gasteiger partial charge on any atom is -0.374 e. The average Bonchev–Trinajstić information content (AvgIpc) is 2.54. The van der Waals surface area contributed by atoms with Gasteiger partial charge in [0.2, 0.25) is 10.1 Å². The maximum absolute atomic E-state index is 11.8. The number of rotatable bonds is 2. The predicted molar refractivity (Wildman–Crippen MR) is 63.3 cm³/mol. The Hall–Kier alpha value is -1.17. The molecule has 0 aromatic carbocycles. The molecule has 1 saturated carbocycles. The summed E-state index contributed by atoms with van der Waals surface area (Å²) in [6.45, 7) is 0. The van der Waals surface area contributed by atoms with E-state index in [2.05, 4.69) is 15.5 Å². The second-order valence-electron chi connectivity index (χ2n) is 4.11. The molecule has 1 aliphatic rings. The lowest BCUT2D eigenvalue weighted by Gasteiger charge is -2.14. The van der Waals surface area contributed by atoms with E-state index in [-0.39, 0.29) is 5.91 Å². The van der Waals surface area contributed by atoms with Crippen molar-refractivity contribution in [3.05, 3.63) is 5.01 Å². The topological polar surface area (TPSA) is 80.9 Å². The molecule has 5 nitrogen and oxygen atoms in total. The Morgan fingerprint density at radius 3 is 2.50 bits per heavy atom. The molecule has 1 fully saturated rings. The summed E-state index contributed by atoms with van der Waals surface area (Å²) in [5.74, 6) is -0.138. The van der Waals surface area contributed by atoms with Gasteiger partial charge in [-0.3, -0.25) is 4.79 Å². The Labute approximate surface area is 98.4 Å². The number of hydrogen-bond donors (Lipinski definition) is 2. The lowest BCUT2D eigenvalue weighted by Crippen LogP contribution is -2.34. The highest BCUT2D eigenvalue weighted by molar-refractivity contribution is 7.16. The van der Waals surface area contributed by atoms with Gasteiger partial charge in [-0.05, 0) is 12.8 Å². The summed E-state index contributed by atoms with van der Waals surface area (Å²) in [6.07, 6.45) is 7.09. The van der Waals surface area contributed by atoms with Gasteiger partial charge in [-0.2, -0.15) is 0 Å². The van der Waals surface area contributed by atoms with Crippen LogP contribution in [0.2, 0.25) is 0 Å². The van der Waals surface area contributed by atoms with E-state index in [0.29, 0.717) is 16.2 Å². The number of anilines is 1. The van der Waals surface area contributed by atoms with Gasteiger partial charge in [0, 0.05) is 6.04 Å². The van der Waals surface area contributed by atoms with Gasteiger partial charge in [0.25, 0.3) is 5.91 Å². The van der Waals surface area contributed by atoms with Crippen molar-refractivity contribution in [1.82, 2.24) is 15.5 Å². The third kappa shape index (κ3) is 2.91. The Kier molecular flexibility index (Phi) is 3.71. The molecule has 88 valence electrons. The minimum absolute atomic E-state index is 0.138. The van der Waals surface area contributed by atoms with Crippen LogP contribution in [0.4, 0.5) is 5.13 Å². The molecule has 2 rings (SSSR count). The largest absolute Gasteiger partial charge is 0.374 e. The summed E-state index contributed by atoms with van der Waals surface area (Å²) in [6, 6.07) is 0.292. The summed E-state index contributed by atoms with van der Waals surface area (Å²) in [4.78, 5) is 11.8. The maximum atomic E-state index is 11.8. The van der Waals surface area contributed by atoms with Gasteiger partial charge in [0.1, 0.15) is 0 Å². The average molecular weight is 240 g/mol. The third-order valence-corrected chi connectivity index (χ3v) is 3.58. The lowest BCUT2D eigenvalue weighted by atomic mass is 10.1. The van der Waals surface area contributed by atoms with E-state index in [1.54, 1.807) is 0 Å². The molecule has 0 bridgehead atoms. The first kappa shape index (κ1) is 11.3. The van der Waals surface area contributed by atoms with Crippen molar-refractivity contribution in [2.45, 2.75) is 44.6 Å². The van der Waals surface area contributed by atoms with E-state index < -0.39 is 0 Å². The number of nitrogens with one attached hydrogen (secondary N) is 1. The monoisotopic (exact) mass is 240 g/mol. The maximum Gasteiger partial charge on any atom is 0.282 e. The van der Waals surface area contributed by atoms with Crippen LogP contribution in [-0.2, 0) is 0 Å². The summed E-state index contributed by atoms with van der Waals surface area (Å²) >= 11 is 1.13. The number of carbonyl (C=O) groups is 1. The van der Waals surface area contributed by atoms with Gasteiger partial charge in [-0.15, -0.1) is 10.2 Å². The minimum atomic E-state index is -0.138. The molecular formula is C10H16N4OS. The molecule has 0 atom stereocenters. The molecule has 1 heterocycles. The number of nitrogens with two attached hydrogens (primary N) is 1. The molecule has 6 heteroatoms. The van der Waals surface area contributed by atoms with Crippen LogP contribution in [0.25, 0.3) is 0 Å². The number of aromatic nitrogens is 2. The van der Waals surface area contributed by atoms with Crippen molar-refractivity contribution in [3.8, 4) is 0 Å². The fourth-order valence-electron chi connectivity index (χ4n) is 2.00. The number of hydrogen-bond acceptors (Lipinski definition) is 5. The van der Waals surface area contributed by atoms with Crippen LogP contribution >= 0.6 is 11.3 Å². The van der Waals surface area contributed by atoms with E-state index in [0.717, 1.165) is 24.2 Å². The Morgan fingerprint density at radius 2 is 1.94 bits per heavy atom. The molecule has 0 saturated heterocycles. The van der Waals surface area contributed by atoms with Crippen molar-refractivity contribution < 1.29 is 4.79 Å².